The third-order valence-corrected chi connectivity index (χ3v) is 2.78. The standard InChI is InChI=1S/C13H20BrN/c1-3-8-15(9-7-14)11-13-6-4-5-12(2)10-13/h4-6,10H,3,7-9,11H2,1-2H3. The van der Waals surface area contributed by atoms with Crippen LogP contribution in [0.2, 0.25) is 0 Å². The van der Waals surface area contributed by atoms with Gasteiger partial charge >= 0.3 is 0 Å². The first-order valence-electron chi connectivity index (χ1n) is 5.60. The van der Waals surface area contributed by atoms with Crippen molar-refractivity contribution in [2.45, 2.75) is 26.8 Å². The highest BCUT2D eigenvalue weighted by Gasteiger charge is 2.03. The second kappa shape index (κ2) is 7.02. The van der Waals surface area contributed by atoms with Crippen molar-refractivity contribution in [1.82, 2.24) is 4.90 Å². The normalized spacial score (nSPS) is 10.9. The van der Waals surface area contributed by atoms with Crippen LogP contribution in [0, 0.1) is 6.92 Å². The molecular weight excluding hydrogens is 250 g/mol. The highest BCUT2D eigenvalue weighted by molar-refractivity contribution is 9.09. The molecule has 15 heavy (non-hydrogen) atoms. The molecule has 0 amide bonds. The fraction of sp³-hybridized carbons (Fsp3) is 0.538. The van der Waals surface area contributed by atoms with E-state index in [2.05, 4.69) is 58.9 Å². The Hall–Kier alpha value is -0.340. The third-order valence-electron chi connectivity index (χ3n) is 2.43. The molecular formula is C13H20BrN. The lowest BCUT2D eigenvalue weighted by Crippen LogP contribution is -2.26. The molecule has 0 radical (unpaired) electrons. The summed E-state index contributed by atoms with van der Waals surface area (Å²) in [7, 11) is 0. The molecule has 0 fully saturated rings. The van der Waals surface area contributed by atoms with E-state index in [1.54, 1.807) is 0 Å². The first-order valence-corrected chi connectivity index (χ1v) is 6.72. The van der Waals surface area contributed by atoms with Crippen LogP contribution in [0.15, 0.2) is 24.3 Å². The van der Waals surface area contributed by atoms with Crippen molar-refractivity contribution in [1.29, 1.82) is 0 Å². The maximum Gasteiger partial charge on any atom is 0.0234 e. The smallest absolute Gasteiger partial charge is 0.0234 e. The Balaban J connectivity index is 2.56. The van der Waals surface area contributed by atoms with Crippen molar-refractivity contribution in [3.63, 3.8) is 0 Å². The number of rotatable bonds is 6. The summed E-state index contributed by atoms with van der Waals surface area (Å²) in [6.07, 6.45) is 1.22. The Morgan fingerprint density at radius 3 is 2.67 bits per heavy atom. The van der Waals surface area contributed by atoms with Crippen molar-refractivity contribution < 1.29 is 0 Å². The van der Waals surface area contributed by atoms with Crippen LogP contribution >= 0.6 is 15.9 Å². The minimum Gasteiger partial charge on any atom is -0.298 e. The Labute approximate surface area is 102 Å². The number of nitrogens with zero attached hydrogens (tertiary/aromatic N) is 1. The number of halogens is 1. The maximum atomic E-state index is 3.51. The third kappa shape index (κ3) is 4.80. The molecule has 0 saturated carbocycles. The molecule has 1 rings (SSSR count). The van der Waals surface area contributed by atoms with Crippen LogP contribution < -0.4 is 0 Å². The van der Waals surface area contributed by atoms with Gasteiger partial charge in [-0.15, -0.1) is 0 Å². The quantitative estimate of drug-likeness (QED) is 0.714. The van der Waals surface area contributed by atoms with Crippen molar-refractivity contribution in [3.05, 3.63) is 35.4 Å². The molecule has 0 aromatic heterocycles. The monoisotopic (exact) mass is 269 g/mol. The van der Waals surface area contributed by atoms with Crippen molar-refractivity contribution in [2.75, 3.05) is 18.4 Å². The minimum absolute atomic E-state index is 1.05. The SMILES string of the molecule is CCCN(CCBr)Cc1cccc(C)c1. The highest BCUT2D eigenvalue weighted by atomic mass is 79.9. The summed E-state index contributed by atoms with van der Waals surface area (Å²) >= 11 is 3.51. The van der Waals surface area contributed by atoms with E-state index in [0.717, 1.165) is 18.4 Å². The van der Waals surface area contributed by atoms with E-state index in [0.29, 0.717) is 0 Å². The van der Waals surface area contributed by atoms with Gasteiger partial charge in [0.2, 0.25) is 0 Å². The molecule has 0 unspecified atom stereocenters. The Kier molecular flexibility index (Phi) is 5.96. The van der Waals surface area contributed by atoms with Crippen molar-refractivity contribution in [3.8, 4) is 0 Å². The van der Waals surface area contributed by atoms with Crippen LogP contribution in [0.5, 0.6) is 0 Å². The topological polar surface area (TPSA) is 3.24 Å². The summed E-state index contributed by atoms with van der Waals surface area (Å²) in [4.78, 5) is 2.49. The largest absolute Gasteiger partial charge is 0.298 e. The van der Waals surface area contributed by atoms with Gasteiger partial charge in [-0.3, -0.25) is 4.90 Å². The fourth-order valence-corrected chi connectivity index (χ4v) is 2.28. The number of alkyl halides is 1. The number of benzene rings is 1. The first kappa shape index (κ1) is 12.7. The highest BCUT2D eigenvalue weighted by Crippen LogP contribution is 2.08. The lowest BCUT2D eigenvalue weighted by atomic mass is 10.1. The van der Waals surface area contributed by atoms with Crippen LogP contribution in [0.3, 0.4) is 0 Å². The zero-order valence-electron chi connectivity index (χ0n) is 9.67. The summed E-state index contributed by atoms with van der Waals surface area (Å²) in [5.41, 5.74) is 2.77. The van der Waals surface area contributed by atoms with Crippen molar-refractivity contribution in [2.24, 2.45) is 0 Å². The van der Waals surface area contributed by atoms with Crippen LogP contribution in [0.4, 0.5) is 0 Å². The molecule has 1 nitrogen and oxygen atoms in total. The summed E-state index contributed by atoms with van der Waals surface area (Å²) in [6.45, 7) is 7.76. The average molecular weight is 270 g/mol. The van der Waals surface area contributed by atoms with Gasteiger partial charge in [0.25, 0.3) is 0 Å². The zero-order chi connectivity index (χ0) is 11.1. The van der Waals surface area contributed by atoms with Crippen molar-refractivity contribution >= 4 is 15.9 Å². The van der Waals surface area contributed by atoms with Crippen LogP contribution in [0.25, 0.3) is 0 Å². The molecule has 0 aliphatic carbocycles. The molecule has 0 aliphatic rings. The number of aryl methyl sites for hydroxylation is 1. The van der Waals surface area contributed by atoms with Gasteiger partial charge < -0.3 is 0 Å². The van der Waals surface area contributed by atoms with E-state index in [-0.39, 0.29) is 0 Å². The lowest BCUT2D eigenvalue weighted by Gasteiger charge is -2.20. The molecule has 84 valence electrons. The Bertz CT molecular complexity index is 280. The predicted octanol–water partition coefficient (Wildman–Crippen LogP) is 3.60. The maximum absolute atomic E-state index is 3.51. The van der Waals surface area contributed by atoms with E-state index in [4.69, 9.17) is 0 Å². The molecule has 0 bridgehead atoms. The summed E-state index contributed by atoms with van der Waals surface area (Å²) in [6, 6.07) is 8.78. The molecule has 0 saturated heterocycles. The summed E-state index contributed by atoms with van der Waals surface area (Å²) in [5.74, 6) is 0. The van der Waals surface area contributed by atoms with E-state index in [1.165, 1.54) is 24.1 Å². The second-order valence-electron chi connectivity index (χ2n) is 3.95. The van der Waals surface area contributed by atoms with Gasteiger partial charge in [0.05, 0.1) is 0 Å². The van der Waals surface area contributed by atoms with Gasteiger partial charge in [0.15, 0.2) is 0 Å². The van der Waals surface area contributed by atoms with Crippen LogP contribution in [-0.2, 0) is 6.54 Å². The molecule has 0 aliphatic heterocycles. The van der Waals surface area contributed by atoms with E-state index >= 15 is 0 Å². The molecule has 2 heteroatoms. The minimum atomic E-state index is 1.05. The molecule has 1 aromatic carbocycles. The average Bonchev–Trinajstić information content (AvgIpc) is 2.18. The second-order valence-corrected chi connectivity index (χ2v) is 4.75. The number of hydrogen-bond acceptors (Lipinski definition) is 1. The van der Waals surface area contributed by atoms with Gasteiger partial charge in [-0.25, -0.2) is 0 Å². The van der Waals surface area contributed by atoms with Crippen LogP contribution in [0.1, 0.15) is 24.5 Å². The van der Waals surface area contributed by atoms with Crippen LogP contribution in [-0.4, -0.2) is 23.3 Å². The molecule has 0 atom stereocenters. The summed E-state index contributed by atoms with van der Waals surface area (Å²) < 4.78 is 0. The predicted molar refractivity (Wildman–Crippen MR) is 70.5 cm³/mol. The Morgan fingerprint density at radius 1 is 1.27 bits per heavy atom. The molecule has 0 heterocycles. The number of hydrogen-bond donors (Lipinski definition) is 0. The van der Waals surface area contributed by atoms with Gasteiger partial charge in [0, 0.05) is 18.4 Å². The van der Waals surface area contributed by atoms with E-state index < -0.39 is 0 Å². The Morgan fingerprint density at radius 2 is 2.07 bits per heavy atom. The van der Waals surface area contributed by atoms with E-state index in [1.807, 2.05) is 0 Å². The molecule has 0 N–H and O–H groups in total. The molecule has 0 spiro atoms. The first-order chi connectivity index (χ1) is 7.26. The van der Waals surface area contributed by atoms with Gasteiger partial charge in [0.1, 0.15) is 0 Å². The summed E-state index contributed by atoms with van der Waals surface area (Å²) in [5, 5.41) is 1.05. The van der Waals surface area contributed by atoms with Gasteiger partial charge in [-0.2, -0.15) is 0 Å². The zero-order valence-corrected chi connectivity index (χ0v) is 11.3. The lowest BCUT2D eigenvalue weighted by molar-refractivity contribution is 0.283. The fourth-order valence-electron chi connectivity index (χ4n) is 1.77. The van der Waals surface area contributed by atoms with Gasteiger partial charge in [-0.05, 0) is 25.5 Å². The molecule has 1 aromatic rings. The van der Waals surface area contributed by atoms with Gasteiger partial charge in [-0.1, -0.05) is 52.7 Å². The van der Waals surface area contributed by atoms with E-state index in [9.17, 15) is 0 Å².